The van der Waals surface area contributed by atoms with Crippen LogP contribution in [0.25, 0.3) is 0 Å². The van der Waals surface area contributed by atoms with Crippen molar-refractivity contribution >= 4 is 11.9 Å². The van der Waals surface area contributed by atoms with E-state index in [1.807, 2.05) is 0 Å². The summed E-state index contributed by atoms with van der Waals surface area (Å²) in [5, 5.41) is 7.27. The number of piperidine rings is 2. The van der Waals surface area contributed by atoms with Crippen molar-refractivity contribution in [3.8, 4) is 0 Å². The van der Waals surface area contributed by atoms with Crippen molar-refractivity contribution < 1.29 is 28.5 Å². The van der Waals surface area contributed by atoms with Gasteiger partial charge < -0.3 is 29.6 Å². The van der Waals surface area contributed by atoms with Crippen molar-refractivity contribution in [3.63, 3.8) is 0 Å². The summed E-state index contributed by atoms with van der Waals surface area (Å²) in [5.74, 6) is 0.410. The van der Waals surface area contributed by atoms with Crippen LogP contribution in [0.2, 0.25) is 0 Å². The molecule has 4 rings (SSSR count). The second-order valence-corrected chi connectivity index (χ2v) is 16.2. The molecule has 8 heteroatoms. The van der Waals surface area contributed by atoms with Gasteiger partial charge in [0.1, 0.15) is 12.2 Å². The Morgan fingerprint density at radius 1 is 0.714 bits per heavy atom. The fourth-order valence-electron chi connectivity index (χ4n) is 8.12. The van der Waals surface area contributed by atoms with Crippen LogP contribution in [0.15, 0.2) is 12.2 Å². The van der Waals surface area contributed by atoms with Crippen LogP contribution >= 0.6 is 0 Å². The molecular weight excluding hydrogens is 532 g/mol. The molecule has 3 aliphatic heterocycles. The molecule has 240 valence electrons. The summed E-state index contributed by atoms with van der Waals surface area (Å²) < 4.78 is 23.4. The minimum absolute atomic E-state index is 0.00107. The van der Waals surface area contributed by atoms with Gasteiger partial charge in [0.25, 0.3) is 6.29 Å². The quantitative estimate of drug-likeness (QED) is 0.270. The maximum atomic E-state index is 12.9. The first-order valence-electron chi connectivity index (χ1n) is 16.4. The van der Waals surface area contributed by atoms with E-state index in [-0.39, 0.29) is 52.2 Å². The molecule has 0 unspecified atom stereocenters. The normalized spacial score (nSPS) is 33.2. The summed E-state index contributed by atoms with van der Waals surface area (Å²) in [6.07, 6.45) is 12.5. The number of nitrogens with one attached hydrogen (secondary N) is 2. The predicted octanol–water partition coefficient (Wildman–Crippen LogP) is 5.82. The first kappa shape index (κ1) is 33.4. The number of carbonyl (C=O) groups excluding carboxylic acids is 2. The van der Waals surface area contributed by atoms with E-state index >= 15 is 0 Å². The van der Waals surface area contributed by atoms with Crippen LogP contribution in [-0.4, -0.2) is 65.8 Å². The Hall–Kier alpha value is -1.48. The number of allylic oxidation sites excluding steroid dienone is 2. The Kier molecular flexibility index (Phi) is 10.5. The lowest BCUT2D eigenvalue weighted by Crippen LogP contribution is -2.60. The average Bonchev–Trinajstić information content (AvgIpc) is 2.83. The van der Waals surface area contributed by atoms with Gasteiger partial charge in [-0.25, -0.2) is 4.79 Å². The highest BCUT2D eigenvalue weighted by Gasteiger charge is 2.42. The SMILES string of the molecule is CC1(C)CC(OC(=O)C2CCC(/C=C/CCC3COC(C(=O)OC4CC(C)(C)NC(C)(C)C4)OC3)CC2)CC(C)(C)N1. The monoisotopic (exact) mass is 590 g/mol. The fourth-order valence-corrected chi connectivity index (χ4v) is 8.12. The predicted molar refractivity (Wildman–Crippen MR) is 164 cm³/mol. The van der Waals surface area contributed by atoms with Gasteiger partial charge in [-0.15, -0.1) is 0 Å². The average molecular weight is 591 g/mol. The highest BCUT2D eigenvalue weighted by Crippen LogP contribution is 2.35. The molecule has 1 aliphatic carbocycles. The maximum absolute atomic E-state index is 12.9. The van der Waals surface area contributed by atoms with Gasteiger partial charge in [0.15, 0.2) is 0 Å². The lowest BCUT2D eigenvalue weighted by molar-refractivity contribution is -0.227. The van der Waals surface area contributed by atoms with E-state index in [2.05, 4.69) is 78.2 Å². The summed E-state index contributed by atoms with van der Waals surface area (Å²) in [7, 11) is 0. The van der Waals surface area contributed by atoms with Crippen LogP contribution in [0.5, 0.6) is 0 Å². The van der Waals surface area contributed by atoms with Crippen molar-refractivity contribution in [3.05, 3.63) is 12.2 Å². The van der Waals surface area contributed by atoms with Crippen LogP contribution < -0.4 is 10.6 Å². The third-order valence-corrected chi connectivity index (χ3v) is 9.29. The van der Waals surface area contributed by atoms with Crippen LogP contribution in [0.4, 0.5) is 0 Å². The molecule has 42 heavy (non-hydrogen) atoms. The minimum atomic E-state index is -0.924. The summed E-state index contributed by atoms with van der Waals surface area (Å²) in [6, 6.07) is 0. The molecule has 3 saturated heterocycles. The van der Waals surface area contributed by atoms with Crippen molar-refractivity contribution in [1.82, 2.24) is 10.6 Å². The van der Waals surface area contributed by atoms with Crippen molar-refractivity contribution in [2.24, 2.45) is 17.8 Å². The molecule has 0 radical (unpaired) electrons. The summed E-state index contributed by atoms with van der Waals surface area (Å²) >= 11 is 0. The summed E-state index contributed by atoms with van der Waals surface area (Å²) in [5.41, 5.74) is -0.236. The molecule has 0 bridgehead atoms. The number of hydrogen-bond acceptors (Lipinski definition) is 8. The maximum Gasteiger partial charge on any atom is 0.363 e. The van der Waals surface area contributed by atoms with E-state index in [0.29, 0.717) is 19.1 Å². The molecule has 1 saturated carbocycles. The lowest BCUT2D eigenvalue weighted by Gasteiger charge is -2.46. The number of carbonyl (C=O) groups is 2. The highest BCUT2D eigenvalue weighted by molar-refractivity contribution is 5.73. The molecular formula is C34H58N2O6. The van der Waals surface area contributed by atoms with Crippen LogP contribution in [0, 0.1) is 17.8 Å². The molecule has 0 atom stereocenters. The summed E-state index contributed by atoms with van der Waals surface area (Å²) in [6.45, 7) is 18.3. The van der Waals surface area contributed by atoms with Gasteiger partial charge in [0.05, 0.1) is 19.1 Å². The van der Waals surface area contributed by atoms with Gasteiger partial charge in [-0.2, -0.15) is 0 Å². The van der Waals surface area contributed by atoms with Crippen molar-refractivity contribution in [2.75, 3.05) is 13.2 Å². The second kappa shape index (κ2) is 13.3. The van der Waals surface area contributed by atoms with E-state index in [4.69, 9.17) is 18.9 Å². The molecule has 0 amide bonds. The number of esters is 2. The number of ether oxygens (including phenoxy) is 4. The highest BCUT2D eigenvalue weighted by atomic mass is 16.7. The van der Waals surface area contributed by atoms with Crippen LogP contribution in [0.3, 0.4) is 0 Å². The molecule has 8 nitrogen and oxygen atoms in total. The van der Waals surface area contributed by atoms with Gasteiger partial charge in [0, 0.05) is 53.8 Å². The molecule has 0 spiro atoms. The standard InChI is InChI=1S/C34H58N2O6/c1-31(2)17-26(18-32(3,4)35-31)41-28(37)25-15-13-23(14-16-25)11-9-10-12-24-21-39-30(40-22-24)29(38)42-27-19-33(5,6)36-34(7,8)20-27/h9,11,23-27,30,35-36H,10,12-22H2,1-8H3/b11-9+. The largest absolute Gasteiger partial charge is 0.462 e. The van der Waals surface area contributed by atoms with Crippen LogP contribution in [-0.2, 0) is 28.5 Å². The lowest BCUT2D eigenvalue weighted by atomic mass is 9.80. The van der Waals surface area contributed by atoms with E-state index in [0.717, 1.165) is 64.2 Å². The first-order valence-corrected chi connectivity index (χ1v) is 16.4. The topological polar surface area (TPSA) is 95.1 Å². The van der Waals surface area contributed by atoms with Gasteiger partial charge >= 0.3 is 11.9 Å². The smallest absolute Gasteiger partial charge is 0.363 e. The molecule has 0 aromatic carbocycles. The Labute approximate surface area is 254 Å². The van der Waals surface area contributed by atoms with Gasteiger partial charge in [-0.1, -0.05) is 12.2 Å². The van der Waals surface area contributed by atoms with E-state index in [9.17, 15) is 9.59 Å². The Morgan fingerprint density at radius 3 is 1.64 bits per heavy atom. The molecule has 4 aliphatic rings. The first-order chi connectivity index (χ1) is 19.5. The van der Waals surface area contributed by atoms with E-state index in [1.54, 1.807) is 0 Å². The van der Waals surface area contributed by atoms with Gasteiger partial charge in [-0.3, -0.25) is 4.79 Å². The number of hydrogen-bond donors (Lipinski definition) is 2. The fraction of sp³-hybridized carbons (Fsp3) is 0.882. The summed E-state index contributed by atoms with van der Waals surface area (Å²) in [4.78, 5) is 25.6. The van der Waals surface area contributed by atoms with Gasteiger partial charge in [0.2, 0.25) is 0 Å². The molecule has 2 N–H and O–H groups in total. The molecule has 4 fully saturated rings. The van der Waals surface area contributed by atoms with Crippen LogP contribution in [0.1, 0.15) is 120 Å². The van der Waals surface area contributed by atoms with Crippen molar-refractivity contribution in [2.45, 2.75) is 160 Å². The third-order valence-electron chi connectivity index (χ3n) is 9.29. The Bertz CT molecular complexity index is 925. The molecule has 0 aromatic rings. The molecule has 3 heterocycles. The number of rotatable bonds is 8. The zero-order valence-corrected chi connectivity index (χ0v) is 27.6. The molecule has 0 aromatic heterocycles. The third kappa shape index (κ3) is 10.0. The van der Waals surface area contributed by atoms with E-state index in [1.165, 1.54) is 0 Å². The minimum Gasteiger partial charge on any atom is -0.462 e. The second-order valence-electron chi connectivity index (χ2n) is 16.2. The zero-order chi connectivity index (χ0) is 30.8. The Balaban J connectivity index is 1.10. The Morgan fingerprint density at radius 2 is 1.17 bits per heavy atom. The zero-order valence-electron chi connectivity index (χ0n) is 27.6. The van der Waals surface area contributed by atoms with E-state index < -0.39 is 12.3 Å². The van der Waals surface area contributed by atoms with Crippen molar-refractivity contribution in [1.29, 1.82) is 0 Å². The van der Waals surface area contributed by atoms with Gasteiger partial charge in [-0.05, 0) is 99.8 Å².